The van der Waals surface area contributed by atoms with Crippen molar-refractivity contribution in [2.75, 3.05) is 19.6 Å². The maximum absolute atomic E-state index is 5.89. The Kier molecular flexibility index (Phi) is 9.78. The van der Waals surface area contributed by atoms with Crippen molar-refractivity contribution >= 4 is 41.5 Å². The predicted molar refractivity (Wildman–Crippen MR) is 111 cm³/mol. The van der Waals surface area contributed by atoms with Gasteiger partial charge >= 0.3 is 0 Å². The Morgan fingerprint density at radius 2 is 1.92 bits per heavy atom. The molecule has 0 fully saturated rings. The Morgan fingerprint density at radius 3 is 2.54 bits per heavy atom. The number of hydrogen-bond acceptors (Lipinski definition) is 2. The molecule has 2 aromatic rings. The molecule has 1 aromatic heterocycles. The SMILES string of the molecule is CCNC(=NCCc1ccc(Cl)cc1)NCCc1cnn(C)c1.I. The predicted octanol–water partition coefficient (Wildman–Crippen LogP) is 3.03. The van der Waals surface area contributed by atoms with E-state index in [0.717, 1.165) is 43.5 Å². The van der Waals surface area contributed by atoms with Crippen LogP contribution in [0.5, 0.6) is 0 Å². The first-order valence-electron chi connectivity index (χ1n) is 7.91. The van der Waals surface area contributed by atoms with Gasteiger partial charge < -0.3 is 10.6 Å². The van der Waals surface area contributed by atoms with Crippen LogP contribution in [0, 0.1) is 0 Å². The van der Waals surface area contributed by atoms with Crippen LogP contribution in [-0.2, 0) is 19.9 Å². The van der Waals surface area contributed by atoms with E-state index in [4.69, 9.17) is 11.6 Å². The molecule has 7 heteroatoms. The zero-order valence-corrected chi connectivity index (χ0v) is 17.2. The van der Waals surface area contributed by atoms with Crippen LogP contribution in [0.1, 0.15) is 18.1 Å². The summed E-state index contributed by atoms with van der Waals surface area (Å²) in [6, 6.07) is 7.91. The molecule has 0 unspecified atom stereocenters. The van der Waals surface area contributed by atoms with Gasteiger partial charge in [0.25, 0.3) is 0 Å². The van der Waals surface area contributed by atoms with Gasteiger partial charge in [0.15, 0.2) is 5.96 Å². The number of aryl methyl sites for hydroxylation is 1. The maximum Gasteiger partial charge on any atom is 0.191 e. The lowest BCUT2D eigenvalue weighted by atomic mass is 10.1. The molecule has 2 rings (SSSR count). The van der Waals surface area contributed by atoms with E-state index in [1.54, 1.807) is 0 Å². The zero-order chi connectivity index (χ0) is 16.5. The molecule has 0 amide bonds. The van der Waals surface area contributed by atoms with Crippen molar-refractivity contribution in [3.8, 4) is 0 Å². The number of rotatable bonds is 7. The third kappa shape index (κ3) is 7.53. The second kappa shape index (κ2) is 11.3. The molecule has 0 aliphatic rings. The Balaban J connectivity index is 0.00000288. The summed E-state index contributed by atoms with van der Waals surface area (Å²) in [6.45, 7) is 4.49. The summed E-state index contributed by atoms with van der Waals surface area (Å²) in [5.74, 6) is 0.852. The summed E-state index contributed by atoms with van der Waals surface area (Å²) in [4.78, 5) is 4.61. The largest absolute Gasteiger partial charge is 0.357 e. The molecule has 0 atom stereocenters. The molecule has 1 aromatic carbocycles. The highest BCUT2D eigenvalue weighted by molar-refractivity contribution is 14.0. The van der Waals surface area contributed by atoms with Crippen molar-refractivity contribution in [1.29, 1.82) is 0 Å². The minimum Gasteiger partial charge on any atom is -0.357 e. The van der Waals surface area contributed by atoms with Gasteiger partial charge in [-0.05, 0) is 43.0 Å². The highest BCUT2D eigenvalue weighted by Gasteiger charge is 2.00. The molecular weight excluding hydrogens is 437 g/mol. The lowest BCUT2D eigenvalue weighted by molar-refractivity contribution is 0.765. The summed E-state index contributed by atoms with van der Waals surface area (Å²) in [5.41, 5.74) is 2.46. The van der Waals surface area contributed by atoms with Gasteiger partial charge in [0.1, 0.15) is 0 Å². The fourth-order valence-electron chi connectivity index (χ4n) is 2.22. The van der Waals surface area contributed by atoms with Gasteiger partial charge in [-0.25, -0.2) is 0 Å². The molecule has 0 aliphatic heterocycles. The third-order valence-corrected chi connectivity index (χ3v) is 3.64. The molecule has 5 nitrogen and oxygen atoms in total. The number of nitrogens with zero attached hydrogens (tertiary/aromatic N) is 3. The normalized spacial score (nSPS) is 11.0. The lowest BCUT2D eigenvalue weighted by Gasteiger charge is -2.10. The van der Waals surface area contributed by atoms with E-state index in [1.807, 2.05) is 48.4 Å². The Labute approximate surface area is 165 Å². The van der Waals surface area contributed by atoms with Crippen molar-refractivity contribution in [2.24, 2.45) is 12.0 Å². The molecule has 0 spiro atoms. The van der Waals surface area contributed by atoms with E-state index in [-0.39, 0.29) is 24.0 Å². The van der Waals surface area contributed by atoms with Crippen LogP contribution >= 0.6 is 35.6 Å². The van der Waals surface area contributed by atoms with Crippen molar-refractivity contribution < 1.29 is 0 Å². The second-order valence-corrected chi connectivity index (χ2v) is 5.77. The number of nitrogens with one attached hydrogen (secondary N) is 2. The molecule has 2 N–H and O–H groups in total. The van der Waals surface area contributed by atoms with Crippen LogP contribution in [0.15, 0.2) is 41.7 Å². The van der Waals surface area contributed by atoms with Crippen LogP contribution in [-0.4, -0.2) is 35.4 Å². The third-order valence-electron chi connectivity index (χ3n) is 3.39. The Hall–Kier alpha value is -1.28. The van der Waals surface area contributed by atoms with Gasteiger partial charge in [-0.3, -0.25) is 9.67 Å². The molecule has 0 radical (unpaired) electrons. The fraction of sp³-hybridized carbons (Fsp3) is 0.412. The number of benzene rings is 1. The summed E-state index contributed by atoms with van der Waals surface area (Å²) in [6.07, 6.45) is 5.75. The van der Waals surface area contributed by atoms with Crippen LogP contribution in [0.25, 0.3) is 0 Å². The standard InChI is InChI=1S/C17H24ClN5.HI/c1-3-19-17(21-11-9-15-12-22-23(2)13-15)20-10-8-14-4-6-16(18)7-5-14;/h4-7,12-13H,3,8-11H2,1-2H3,(H2,19,20,21);1H. The average Bonchev–Trinajstić information content (AvgIpc) is 2.95. The van der Waals surface area contributed by atoms with Crippen molar-refractivity contribution in [3.63, 3.8) is 0 Å². The maximum atomic E-state index is 5.89. The summed E-state index contributed by atoms with van der Waals surface area (Å²) in [7, 11) is 1.93. The minimum absolute atomic E-state index is 0. The zero-order valence-electron chi connectivity index (χ0n) is 14.1. The fourth-order valence-corrected chi connectivity index (χ4v) is 2.34. The first-order valence-corrected chi connectivity index (χ1v) is 8.29. The van der Waals surface area contributed by atoms with Crippen molar-refractivity contribution in [1.82, 2.24) is 20.4 Å². The van der Waals surface area contributed by atoms with Crippen molar-refractivity contribution in [3.05, 3.63) is 52.8 Å². The van der Waals surface area contributed by atoms with Gasteiger partial charge in [-0.15, -0.1) is 24.0 Å². The van der Waals surface area contributed by atoms with E-state index in [0.29, 0.717) is 0 Å². The minimum atomic E-state index is 0. The van der Waals surface area contributed by atoms with E-state index >= 15 is 0 Å². The van der Waals surface area contributed by atoms with Gasteiger partial charge in [-0.2, -0.15) is 5.10 Å². The molecule has 0 bridgehead atoms. The monoisotopic (exact) mass is 461 g/mol. The Morgan fingerprint density at radius 1 is 1.17 bits per heavy atom. The molecule has 1 heterocycles. The molecule has 0 saturated carbocycles. The highest BCUT2D eigenvalue weighted by atomic mass is 127. The van der Waals surface area contributed by atoms with Gasteiger partial charge in [0.05, 0.1) is 6.20 Å². The number of guanidine groups is 1. The summed E-state index contributed by atoms with van der Waals surface area (Å²) < 4.78 is 1.82. The highest BCUT2D eigenvalue weighted by Crippen LogP contribution is 2.09. The first kappa shape index (κ1) is 20.8. The molecule has 0 saturated heterocycles. The molecular formula is C17H25ClIN5. The second-order valence-electron chi connectivity index (χ2n) is 5.34. The average molecular weight is 462 g/mol. The smallest absolute Gasteiger partial charge is 0.191 e. The topological polar surface area (TPSA) is 54.2 Å². The summed E-state index contributed by atoms with van der Waals surface area (Å²) >= 11 is 5.89. The molecule has 24 heavy (non-hydrogen) atoms. The number of aliphatic imine (C=N–C) groups is 1. The summed E-state index contributed by atoms with van der Waals surface area (Å²) in [5, 5.41) is 11.6. The van der Waals surface area contributed by atoms with Crippen LogP contribution in [0.3, 0.4) is 0 Å². The van der Waals surface area contributed by atoms with Crippen LogP contribution in [0.2, 0.25) is 5.02 Å². The van der Waals surface area contributed by atoms with Gasteiger partial charge in [0.2, 0.25) is 0 Å². The lowest BCUT2D eigenvalue weighted by Crippen LogP contribution is -2.38. The quantitative estimate of drug-likeness (QED) is 0.379. The number of halogens is 2. The van der Waals surface area contributed by atoms with E-state index in [1.165, 1.54) is 11.1 Å². The van der Waals surface area contributed by atoms with Gasteiger partial charge in [-0.1, -0.05) is 23.7 Å². The van der Waals surface area contributed by atoms with Crippen molar-refractivity contribution in [2.45, 2.75) is 19.8 Å². The van der Waals surface area contributed by atoms with Gasteiger partial charge in [0, 0.05) is 37.9 Å². The number of aromatic nitrogens is 2. The Bertz CT molecular complexity index is 624. The van der Waals surface area contributed by atoms with E-state index < -0.39 is 0 Å². The molecule has 0 aliphatic carbocycles. The van der Waals surface area contributed by atoms with E-state index in [2.05, 4.69) is 27.6 Å². The first-order chi connectivity index (χ1) is 11.2. The number of hydrogen-bond donors (Lipinski definition) is 2. The molecule has 132 valence electrons. The van der Waals surface area contributed by atoms with Crippen LogP contribution < -0.4 is 10.6 Å². The van der Waals surface area contributed by atoms with Crippen LogP contribution in [0.4, 0.5) is 0 Å². The van der Waals surface area contributed by atoms with E-state index in [9.17, 15) is 0 Å².